The Morgan fingerprint density at radius 3 is 2.43 bits per heavy atom. The lowest BCUT2D eigenvalue weighted by atomic mass is 10.0. The largest absolute Gasteiger partial charge is 0.349 e. The number of halogens is 1. The van der Waals surface area contributed by atoms with Crippen LogP contribution >= 0.6 is 22.9 Å². The average Bonchev–Trinajstić information content (AvgIpc) is 3.01. The van der Waals surface area contributed by atoms with Crippen molar-refractivity contribution in [1.29, 1.82) is 0 Å². The van der Waals surface area contributed by atoms with E-state index in [0.717, 1.165) is 10.4 Å². The van der Waals surface area contributed by atoms with Gasteiger partial charge in [-0.3, -0.25) is 9.59 Å². The molecule has 0 radical (unpaired) electrons. The minimum atomic E-state index is -0.375. The van der Waals surface area contributed by atoms with Gasteiger partial charge in [-0.05, 0) is 36.1 Å². The van der Waals surface area contributed by atoms with Crippen molar-refractivity contribution < 1.29 is 9.59 Å². The fraction of sp³-hybridized carbons (Fsp3) is 0.294. The maximum atomic E-state index is 12.3. The molecule has 0 bridgehead atoms. The number of carbonyl (C=O) groups is 2. The molecular weight excluding hydrogens is 332 g/mol. The van der Waals surface area contributed by atoms with Crippen LogP contribution in [0.4, 0.5) is 0 Å². The number of carbonyl (C=O) groups excluding carboxylic acids is 2. The molecule has 0 spiro atoms. The minimum absolute atomic E-state index is 0.0503. The molecule has 6 heteroatoms. The number of thiophene rings is 1. The summed E-state index contributed by atoms with van der Waals surface area (Å²) in [6, 6.07) is 10.6. The Kier molecular flexibility index (Phi) is 6.19. The van der Waals surface area contributed by atoms with Crippen LogP contribution in [0.5, 0.6) is 0 Å². The highest BCUT2D eigenvalue weighted by molar-refractivity contribution is 7.10. The molecule has 0 aliphatic rings. The lowest BCUT2D eigenvalue weighted by Crippen LogP contribution is -2.33. The predicted molar refractivity (Wildman–Crippen MR) is 93.5 cm³/mol. The number of rotatable bonds is 6. The first-order chi connectivity index (χ1) is 11.0. The molecule has 4 nitrogen and oxygen atoms in total. The van der Waals surface area contributed by atoms with E-state index in [1.165, 1.54) is 6.92 Å². The van der Waals surface area contributed by atoms with Crippen LogP contribution < -0.4 is 10.6 Å². The molecule has 0 saturated carbocycles. The van der Waals surface area contributed by atoms with Gasteiger partial charge in [-0.15, -0.1) is 11.3 Å². The van der Waals surface area contributed by atoms with E-state index >= 15 is 0 Å². The fourth-order valence-electron chi connectivity index (χ4n) is 2.29. The zero-order valence-electron chi connectivity index (χ0n) is 13.0. The third-order valence-corrected chi connectivity index (χ3v) is 4.69. The highest BCUT2D eigenvalue weighted by atomic mass is 35.5. The van der Waals surface area contributed by atoms with Crippen molar-refractivity contribution in [3.63, 3.8) is 0 Å². The Hall–Kier alpha value is -1.85. The van der Waals surface area contributed by atoms with E-state index < -0.39 is 0 Å². The molecular formula is C17H19ClN2O2S. The van der Waals surface area contributed by atoms with E-state index in [1.807, 2.05) is 36.6 Å². The molecule has 0 fully saturated rings. The molecule has 0 aliphatic heterocycles. The molecule has 122 valence electrons. The van der Waals surface area contributed by atoms with Crippen LogP contribution in [-0.2, 0) is 9.59 Å². The van der Waals surface area contributed by atoms with E-state index in [0.29, 0.717) is 5.02 Å². The lowest BCUT2D eigenvalue weighted by Gasteiger charge is -2.20. The Bertz CT molecular complexity index is 656. The van der Waals surface area contributed by atoms with Crippen molar-refractivity contribution in [3.8, 4) is 0 Å². The first kappa shape index (κ1) is 17.5. The third kappa shape index (κ3) is 5.37. The number of benzene rings is 1. The molecule has 1 aromatic carbocycles. The molecule has 2 aromatic rings. The summed E-state index contributed by atoms with van der Waals surface area (Å²) >= 11 is 7.49. The van der Waals surface area contributed by atoms with E-state index in [-0.39, 0.29) is 30.3 Å². The van der Waals surface area contributed by atoms with Crippen molar-refractivity contribution in [2.45, 2.75) is 32.4 Å². The van der Waals surface area contributed by atoms with Crippen LogP contribution in [0.1, 0.15) is 42.8 Å². The van der Waals surface area contributed by atoms with Crippen LogP contribution in [0.25, 0.3) is 0 Å². The van der Waals surface area contributed by atoms with Crippen LogP contribution in [0, 0.1) is 0 Å². The highest BCUT2D eigenvalue weighted by Crippen LogP contribution is 2.22. The lowest BCUT2D eigenvalue weighted by molar-refractivity contribution is -0.123. The standard InChI is InChI=1S/C17H19ClN2O2S/c1-11(16-4-3-9-23-16)19-17(22)10-15(20-12(2)21)13-5-7-14(18)8-6-13/h3-9,11,15H,10H2,1-2H3,(H,19,22)(H,20,21)/t11-,15-/m0/s1. The van der Waals surface area contributed by atoms with Gasteiger partial charge in [-0.25, -0.2) is 0 Å². The molecule has 2 atom stereocenters. The van der Waals surface area contributed by atoms with Crippen LogP contribution in [0.3, 0.4) is 0 Å². The quantitative estimate of drug-likeness (QED) is 0.831. The molecule has 0 saturated heterocycles. The van der Waals surface area contributed by atoms with Gasteiger partial charge in [0, 0.05) is 16.8 Å². The molecule has 1 heterocycles. The van der Waals surface area contributed by atoms with Crippen molar-refractivity contribution in [3.05, 3.63) is 57.2 Å². The summed E-state index contributed by atoms with van der Waals surface area (Å²) in [6.07, 6.45) is 0.178. The van der Waals surface area contributed by atoms with E-state index in [2.05, 4.69) is 10.6 Å². The first-order valence-electron chi connectivity index (χ1n) is 7.31. The number of amides is 2. The summed E-state index contributed by atoms with van der Waals surface area (Å²) in [5.41, 5.74) is 0.850. The molecule has 1 aromatic heterocycles. The highest BCUT2D eigenvalue weighted by Gasteiger charge is 2.19. The zero-order valence-corrected chi connectivity index (χ0v) is 14.6. The van der Waals surface area contributed by atoms with Crippen LogP contribution in [0.2, 0.25) is 5.02 Å². The monoisotopic (exact) mass is 350 g/mol. The fourth-order valence-corrected chi connectivity index (χ4v) is 3.15. The van der Waals surface area contributed by atoms with Gasteiger partial charge in [-0.1, -0.05) is 29.8 Å². The Balaban J connectivity index is 2.03. The molecule has 0 unspecified atom stereocenters. The number of hydrogen-bond acceptors (Lipinski definition) is 3. The van der Waals surface area contributed by atoms with Crippen LogP contribution in [-0.4, -0.2) is 11.8 Å². The van der Waals surface area contributed by atoms with Gasteiger partial charge in [0.15, 0.2) is 0 Å². The first-order valence-corrected chi connectivity index (χ1v) is 8.57. The molecule has 23 heavy (non-hydrogen) atoms. The zero-order chi connectivity index (χ0) is 16.8. The van der Waals surface area contributed by atoms with Gasteiger partial charge < -0.3 is 10.6 Å². The summed E-state index contributed by atoms with van der Waals surface area (Å²) in [6.45, 7) is 3.38. The Labute approximate surface area is 144 Å². The second-order valence-corrected chi connectivity index (χ2v) is 6.73. The van der Waals surface area contributed by atoms with Crippen molar-refractivity contribution >= 4 is 34.8 Å². The van der Waals surface area contributed by atoms with Crippen molar-refractivity contribution in [2.24, 2.45) is 0 Å². The second-order valence-electron chi connectivity index (χ2n) is 5.31. The normalized spacial score (nSPS) is 13.2. The summed E-state index contributed by atoms with van der Waals surface area (Å²) in [4.78, 5) is 24.8. The summed E-state index contributed by atoms with van der Waals surface area (Å²) in [7, 11) is 0. The van der Waals surface area contributed by atoms with Gasteiger partial charge in [0.25, 0.3) is 0 Å². The number of hydrogen-bond donors (Lipinski definition) is 2. The minimum Gasteiger partial charge on any atom is -0.349 e. The average molecular weight is 351 g/mol. The van der Waals surface area contributed by atoms with Gasteiger partial charge in [0.1, 0.15) is 0 Å². The SMILES string of the molecule is CC(=O)N[C@@H](CC(=O)N[C@@H](C)c1cccs1)c1ccc(Cl)cc1. The summed E-state index contributed by atoms with van der Waals surface area (Å²) in [5.74, 6) is -0.288. The molecule has 0 aliphatic carbocycles. The summed E-state index contributed by atoms with van der Waals surface area (Å²) < 4.78 is 0. The van der Waals surface area contributed by atoms with Gasteiger partial charge >= 0.3 is 0 Å². The topological polar surface area (TPSA) is 58.2 Å². The Morgan fingerprint density at radius 1 is 1.17 bits per heavy atom. The maximum absolute atomic E-state index is 12.3. The second kappa shape index (κ2) is 8.13. The third-order valence-electron chi connectivity index (χ3n) is 3.39. The predicted octanol–water partition coefficient (Wildman–Crippen LogP) is 3.85. The molecule has 2 rings (SSSR count). The molecule has 2 N–H and O–H groups in total. The smallest absolute Gasteiger partial charge is 0.222 e. The van der Waals surface area contributed by atoms with Crippen molar-refractivity contribution in [2.75, 3.05) is 0 Å². The van der Waals surface area contributed by atoms with E-state index in [1.54, 1.807) is 23.5 Å². The summed E-state index contributed by atoms with van der Waals surface area (Å²) in [5, 5.41) is 8.37. The van der Waals surface area contributed by atoms with E-state index in [9.17, 15) is 9.59 Å². The van der Waals surface area contributed by atoms with Gasteiger partial charge in [-0.2, -0.15) is 0 Å². The number of nitrogens with one attached hydrogen (secondary N) is 2. The van der Waals surface area contributed by atoms with Gasteiger partial charge in [0.2, 0.25) is 11.8 Å². The van der Waals surface area contributed by atoms with Crippen LogP contribution in [0.15, 0.2) is 41.8 Å². The van der Waals surface area contributed by atoms with Crippen molar-refractivity contribution in [1.82, 2.24) is 10.6 Å². The maximum Gasteiger partial charge on any atom is 0.222 e. The Morgan fingerprint density at radius 2 is 1.87 bits per heavy atom. The van der Waals surface area contributed by atoms with E-state index in [4.69, 9.17) is 11.6 Å². The van der Waals surface area contributed by atoms with Gasteiger partial charge in [0.05, 0.1) is 18.5 Å². The molecule has 2 amide bonds.